The molecule has 2 nitrogen and oxygen atoms in total. The smallest absolute Gasteiger partial charge is 0.189 e. The zero-order valence-corrected chi connectivity index (χ0v) is 10.4. The normalized spacial score (nSPS) is 16.5. The molecule has 0 spiro atoms. The summed E-state index contributed by atoms with van der Waals surface area (Å²) in [4.78, 5) is 17.1. The van der Waals surface area contributed by atoms with E-state index >= 15 is 0 Å². The van der Waals surface area contributed by atoms with Gasteiger partial charge in [0, 0.05) is 33.7 Å². The number of fused-ring (bicyclic) bond motifs is 1. The minimum absolute atomic E-state index is 0.0795. The zero-order valence-electron chi connectivity index (χ0n) is 8.81. The second-order valence-corrected chi connectivity index (χ2v) is 5.24. The maximum absolute atomic E-state index is 12.1. The van der Waals surface area contributed by atoms with Crippen molar-refractivity contribution in [2.24, 2.45) is 0 Å². The molecule has 1 aromatic carbocycles. The minimum atomic E-state index is 0.0795. The summed E-state index contributed by atoms with van der Waals surface area (Å²) in [6.45, 7) is 0. The van der Waals surface area contributed by atoms with Crippen LogP contribution in [0.2, 0.25) is 5.02 Å². The van der Waals surface area contributed by atoms with E-state index in [4.69, 9.17) is 11.6 Å². The summed E-state index contributed by atoms with van der Waals surface area (Å²) in [5.74, 6) is 0.0795. The monoisotopic (exact) mass is 261 g/mol. The van der Waals surface area contributed by atoms with Crippen molar-refractivity contribution in [3.8, 4) is 0 Å². The molecule has 84 valence electrons. The van der Waals surface area contributed by atoms with Crippen LogP contribution in [0.25, 0.3) is 6.08 Å². The van der Waals surface area contributed by atoms with Crippen LogP contribution in [-0.2, 0) is 6.42 Å². The van der Waals surface area contributed by atoms with Gasteiger partial charge >= 0.3 is 0 Å². The van der Waals surface area contributed by atoms with Crippen LogP contribution in [0.5, 0.6) is 0 Å². The number of ketones is 1. The maximum Gasteiger partial charge on any atom is 0.189 e. The third-order valence-electron chi connectivity index (χ3n) is 2.76. The highest BCUT2D eigenvalue weighted by molar-refractivity contribution is 7.10. The van der Waals surface area contributed by atoms with Crippen molar-refractivity contribution >= 4 is 34.8 Å². The Labute approximate surface area is 108 Å². The van der Waals surface area contributed by atoms with Crippen molar-refractivity contribution in [1.82, 2.24) is 4.98 Å². The van der Waals surface area contributed by atoms with Crippen molar-refractivity contribution in [3.05, 3.63) is 56.5 Å². The van der Waals surface area contributed by atoms with Gasteiger partial charge in [-0.3, -0.25) is 9.78 Å². The molecule has 1 aliphatic carbocycles. The van der Waals surface area contributed by atoms with E-state index < -0.39 is 0 Å². The molecule has 0 unspecified atom stereocenters. The highest BCUT2D eigenvalue weighted by atomic mass is 35.5. The van der Waals surface area contributed by atoms with Crippen molar-refractivity contribution < 1.29 is 4.79 Å². The molecule has 0 bridgehead atoms. The molecule has 3 rings (SSSR count). The minimum Gasteiger partial charge on any atom is -0.289 e. The fraction of sp³-hybridized carbons (Fsp3) is 0.0769. The van der Waals surface area contributed by atoms with E-state index in [2.05, 4.69) is 4.98 Å². The fourth-order valence-electron chi connectivity index (χ4n) is 1.96. The number of carbonyl (C=O) groups excluding carboxylic acids is 1. The number of Topliss-reactive ketones (excluding diaryl/α,β-unsaturated/α-hetero) is 1. The third-order valence-corrected chi connectivity index (χ3v) is 3.71. The molecule has 0 radical (unpaired) electrons. The van der Waals surface area contributed by atoms with Crippen LogP contribution in [0, 0.1) is 0 Å². The Balaban J connectivity index is 2.02. The number of halogens is 1. The summed E-state index contributed by atoms with van der Waals surface area (Å²) in [7, 11) is 0. The lowest BCUT2D eigenvalue weighted by Gasteiger charge is -1.95. The predicted molar refractivity (Wildman–Crippen MR) is 69.6 cm³/mol. The maximum atomic E-state index is 12.1. The summed E-state index contributed by atoms with van der Waals surface area (Å²) in [6.07, 6.45) is 4.36. The van der Waals surface area contributed by atoms with Crippen LogP contribution >= 0.6 is 22.9 Å². The molecule has 17 heavy (non-hydrogen) atoms. The van der Waals surface area contributed by atoms with Crippen LogP contribution in [0.4, 0.5) is 0 Å². The molecular weight excluding hydrogens is 254 g/mol. The number of hydrogen-bond donors (Lipinski definition) is 0. The van der Waals surface area contributed by atoms with Crippen LogP contribution in [0.15, 0.2) is 35.5 Å². The fourth-order valence-corrected chi connectivity index (χ4v) is 2.71. The van der Waals surface area contributed by atoms with Crippen LogP contribution in [-0.4, -0.2) is 10.8 Å². The molecule has 0 fully saturated rings. The largest absolute Gasteiger partial charge is 0.289 e. The Bertz CT molecular complexity index is 616. The van der Waals surface area contributed by atoms with Crippen LogP contribution in [0.1, 0.15) is 20.8 Å². The molecule has 0 amide bonds. The highest BCUT2D eigenvalue weighted by Gasteiger charge is 2.24. The first kappa shape index (κ1) is 10.7. The molecule has 0 N–H and O–H groups in total. The number of hydrogen-bond acceptors (Lipinski definition) is 3. The lowest BCUT2D eigenvalue weighted by atomic mass is 10.1. The average molecular weight is 262 g/mol. The summed E-state index contributed by atoms with van der Waals surface area (Å²) >= 11 is 7.43. The van der Waals surface area contributed by atoms with Gasteiger partial charge < -0.3 is 0 Å². The van der Waals surface area contributed by atoms with Gasteiger partial charge in [-0.2, -0.15) is 0 Å². The van der Waals surface area contributed by atoms with E-state index in [0.29, 0.717) is 11.4 Å². The number of carbonyl (C=O) groups is 1. The van der Waals surface area contributed by atoms with E-state index in [1.807, 2.05) is 18.2 Å². The Morgan fingerprint density at radius 1 is 1.41 bits per heavy atom. The third kappa shape index (κ3) is 1.92. The van der Waals surface area contributed by atoms with Crippen molar-refractivity contribution in [1.29, 1.82) is 0 Å². The molecule has 1 aromatic heterocycles. The SMILES string of the molecule is O=C1/C(=C\c2cncs2)Cc2ccc(Cl)cc21. The highest BCUT2D eigenvalue weighted by Crippen LogP contribution is 2.30. The molecule has 4 heteroatoms. The number of thiazole rings is 1. The van der Waals surface area contributed by atoms with Gasteiger partial charge in [0.2, 0.25) is 0 Å². The van der Waals surface area contributed by atoms with Crippen molar-refractivity contribution in [2.75, 3.05) is 0 Å². The molecule has 0 atom stereocenters. The molecular formula is C13H8ClNOS. The summed E-state index contributed by atoms with van der Waals surface area (Å²) in [5.41, 5.74) is 4.35. The molecule has 0 saturated heterocycles. The predicted octanol–water partition coefficient (Wildman–Crippen LogP) is 3.62. The van der Waals surface area contributed by atoms with Gasteiger partial charge in [0.25, 0.3) is 0 Å². The van der Waals surface area contributed by atoms with Gasteiger partial charge in [0.1, 0.15) is 0 Å². The second kappa shape index (κ2) is 4.09. The van der Waals surface area contributed by atoms with Gasteiger partial charge in [-0.15, -0.1) is 11.3 Å². The zero-order chi connectivity index (χ0) is 11.8. The lowest BCUT2D eigenvalue weighted by molar-refractivity contribution is 0.104. The number of nitrogens with zero attached hydrogens (tertiary/aromatic N) is 1. The van der Waals surface area contributed by atoms with Crippen molar-refractivity contribution in [3.63, 3.8) is 0 Å². The average Bonchev–Trinajstić information content (AvgIpc) is 2.91. The molecule has 2 aromatic rings. The van der Waals surface area contributed by atoms with Crippen LogP contribution < -0.4 is 0 Å². The second-order valence-electron chi connectivity index (χ2n) is 3.88. The van der Waals surface area contributed by atoms with Gasteiger partial charge in [-0.05, 0) is 23.8 Å². The Morgan fingerprint density at radius 2 is 2.29 bits per heavy atom. The summed E-state index contributed by atoms with van der Waals surface area (Å²) in [5, 5.41) is 0.608. The Kier molecular flexibility index (Phi) is 2.57. The first-order valence-electron chi connectivity index (χ1n) is 5.16. The first-order valence-corrected chi connectivity index (χ1v) is 6.42. The number of aromatic nitrogens is 1. The summed E-state index contributed by atoms with van der Waals surface area (Å²) in [6, 6.07) is 5.49. The summed E-state index contributed by atoms with van der Waals surface area (Å²) < 4.78 is 0. The van der Waals surface area contributed by atoms with E-state index in [9.17, 15) is 4.79 Å². The lowest BCUT2D eigenvalue weighted by Crippen LogP contribution is -1.94. The first-order chi connectivity index (χ1) is 8.24. The Hall–Kier alpha value is -1.45. The van der Waals surface area contributed by atoms with Gasteiger partial charge in [-0.25, -0.2) is 0 Å². The van der Waals surface area contributed by atoms with Crippen LogP contribution in [0.3, 0.4) is 0 Å². The number of rotatable bonds is 1. The van der Waals surface area contributed by atoms with E-state index in [1.54, 1.807) is 17.8 Å². The standard InChI is InChI=1S/C13H8ClNOS/c14-10-2-1-8-3-9(13(16)12(8)5-10)4-11-6-15-7-17-11/h1-2,4-7H,3H2/b9-4-. The molecule has 1 aliphatic rings. The topological polar surface area (TPSA) is 30.0 Å². The quantitative estimate of drug-likeness (QED) is 0.734. The van der Waals surface area contributed by atoms with E-state index in [-0.39, 0.29) is 5.78 Å². The van der Waals surface area contributed by atoms with Gasteiger partial charge in [0.05, 0.1) is 5.51 Å². The van der Waals surface area contributed by atoms with Crippen molar-refractivity contribution in [2.45, 2.75) is 6.42 Å². The van der Waals surface area contributed by atoms with E-state index in [1.165, 1.54) is 11.3 Å². The van der Waals surface area contributed by atoms with Gasteiger partial charge in [-0.1, -0.05) is 17.7 Å². The number of benzene rings is 1. The molecule has 1 heterocycles. The molecule has 0 aliphatic heterocycles. The number of allylic oxidation sites excluding steroid dienone is 1. The van der Waals surface area contributed by atoms with E-state index in [0.717, 1.165) is 21.6 Å². The Morgan fingerprint density at radius 3 is 3.06 bits per heavy atom. The molecule has 0 saturated carbocycles. The van der Waals surface area contributed by atoms with Gasteiger partial charge in [0.15, 0.2) is 5.78 Å².